The lowest BCUT2D eigenvalue weighted by Gasteiger charge is -2.36. The molecule has 0 unspecified atom stereocenters. The standard InChI is InChI=1S/C26H29Cl2N3O3/c1-2-24(32)31-23-18-20(10-8-19(23)9-11-25(31)33)34-17-4-3-12-29-13-15-30(16-14-29)22-7-5-6-21(27)26(22)28/h5-11,18H,2-4,12-17H2,1H3. The number of anilines is 1. The second-order valence-corrected chi connectivity index (χ2v) is 9.22. The highest BCUT2D eigenvalue weighted by molar-refractivity contribution is 6.43. The fourth-order valence-corrected chi connectivity index (χ4v) is 4.71. The first-order chi connectivity index (χ1) is 16.5. The molecule has 1 aliphatic heterocycles. The Bertz CT molecular complexity index is 1220. The number of benzene rings is 2. The van der Waals surface area contributed by atoms with Crippen LogP contribution in [-0.2, 0) is 0 Å². The molecule has 1 aromatic heterocycles. The largest absolute Gasteiger partial charge is 0.494 e. The molecule has 0 saturated carbocycles. The average Bonchev–Trinajstić information content (AvgIpc) is 2.85. The topological polar surface area (TPSA) is 54.8 Å². The Kier molecular flexibility index (Phi) is 8.14. The zero-order chi connectivity index (χ0) is 24.1. The molecule has 4 rings (SSSR count). The van der Waals surface area contributed by atoms with Gasteiger partial charge in [0.05, 0.1) is 27.9 Å². The number of rotatable bonds is 8. The van der Waals surface area contributed by atoms with Gasteiger partial charge < -0.3 is 9.64 Å². The molecule has 2 aromatic carbocycles. The first-order valence-corrected chi connectivity index (χ1v) is 12.5. The maximum atomic E-state index is 12.2. The quantitative estimate of drug-likeness (QED) is 0.390. The van der Waals surface area contributed by atoms with E-state index in [-0.39, 0.29) is 17.9 Å². The van der Waals surface area contributed by atoms with Gasteiger partial charge in [0.1, 0.15) is 5.75 Å². The third kappa shape index (κ3) is 5.57. The zero-order valence-corrected chi connectivity index (χ0v) is 20.8. The van der Waals surface area contributed by atoms with Crippen LogP contribution < -0.4 is 15.2 Å². The van der Waals surface area contributed by atoms with Gasteiger partial charge in [-0.3, -0.25) is 14.5 Å². The van der Waals surface area contributed by atoms with Gasteiger partial charge in [0.25, 0.3) is 5.56 Å². The summed E-state index contributed by atoms with van der Waals surface area (Å²) in [5, 5.41) is 2.06. The Labute approximate surface area is 209 Å². The molecule has 1 saturated heterocycles. The predicted octanol–water partition coefficient (Wildman–Crippen LogP) is 5.34. The number of carbonyl (C=O) groups is 1. The zero-order valence-electron chi connectivity index (χ0n) is 19.3. The molecule has 6 nitrogen and oxygen atoms in total. The smallest absolute Gasteiger partial charge is 0.257 e. The maximum Gasteiger partial charge on any atom is 0.257 e. The fourth-order valence-electron chi connectivity index (χ4n) is 4.29. The highest BCUT2D eigenvalue weighted by atomic mass is 35.5. The van der Waals surface area contributed by atoms with Crippen LogP contribution in [0.4, 0.5) is 5.69 Å². The summed E-state index contributed by atoms with van der Waals surface area (Å²) in [4.78, 5) is 29.2. The van der Waals surface area contributed by atoms with E-state index in [0.29, 0.717) is 27.9 Å². The molecule has 0 N–H and O–H groups in total. The molecule has 3 aromatic rings. The van der Waals surface area contributed by atoms with Gasteiger partial charge in [-0.1, -0.05) is 36.2 Å². The first kappa shape index (κ1) is 24.6. The lowest BCUT2D eigenvalue weighted by Crippen LogP contribution is -2.46. The molecule has 1 fully saturated rings. The van der Waals surface area contributed by atoms with Crippen molar-refractivity contribution in [2.24, 2.45) is 0 Å². The molecule has 0 atom stereocenters. The second kappa shape index (κ2) is 11.3. The number of hydrogen-bond donors (Lipinski definition) is 0. The van der Waals surface area contributed by atoms with Crippen LogP contribution in [0, 0.1) is 0 Å². The van der Waals surface area contributed by atoms with Crippen molar-refractivity contribution in [2.75, 3.05) is 44.2 Å². The van der Waals surface area contributed by atoms with E-state index in [1.165, 1.54) is 10.6 Å². The van der Waals surface area contributed by atoms with Gasteiger partial charge in [0, 0.05) is 44.7 Å². The summed E-state index contributed by atoms with van der Waals surface area (Å²) in [6.07, 6.45) is 2.23. The van der Waals surface area contributed by atoms with Gasteiger partial charge in [0.15, 0.2) is 0 Å². The lowest BCUT2D eigenvalue weighted by atomic mass is 10.2. The van der Waals surface area contributed by atoms with Gasteiger partial charge >= 0.3 is 0 Å². The minimum atomic E-state index is -0.311. The summed E-state index contributed by atoms with van der Waals surface area (Å²) in [6.45, 7) is 7.16. The van der Waals surface area contributed by atoms with Crippen molar-refractivity contribution in [3.05, 3.63) is 68.9 Å². The summed E-state index contributed by atoms with van der Waals surface area (Å²) in [7, 11) is 0. The SMILES string of the molecule is CCC(=O)n1c(=O)ccc2ccc(OCCCCN3CCN(c4cccc(Cl)c4Cl)CC3)cc21. The Morgan fingerprint density at radius 1 is 1.00 bits per heavy atom. The molecule has 0 amide bonds. The Balaban J connectivity index is 1.24. The van der Waals surface area contributed by atoms with Crippen molar-refractivity contribution in [1.82, 2.24) is 9.47 Å². The monoisotopic (exact) mass is 501 g/mol. The highest BCUT2D eigenvalue weighted by Gasteiger charge is 2.19. The summed E-state index contributed by atoms with van der Waals surface area (Å²) in [5.41, 5.74) is 1.28. The molecule has 8 heteroatoms. The summed E-state index contributed by atoms with van der Waals surface area (Å²) >= 11 is 12.5. The number of halogens is 2. The minimum Gasteiger partial charge on any atom is -0.494 e. The third-order valence-corrected chi connectivity index (χ3v) is 7.01. The second-order valence-electron chi connectivity index (χ2n) is 8.43. The predicted molar refractivity (Wildman–Crippen MR) is 139 cm³/mol. The highest BCUT2D eigenvalue weighted by Crippen LogP contribution is 2.32. The van der Waals surface area contributed by atoms with Crippen LogP contribution in [0.1, 0.15) is 31.0 Å². The maximum absolute atomic E-state index is 12.2. The van der Waals surface area contributed by atoms with E-state index in [1.807, 2.05) is 30.3 Å². The summed E-state index contributed by atoms with van der Waals surface area (Å²) in [6, 6.07) is 14.5. The van der Waals surface area contributed by atoms with Crippen molar-refractivity contribution >= 4 is 45.7 Å². The van der Waals surface area contributed by atoms with Crippen LogP contribution in [0.25, 0.3) is 10.9 Å². The van der Waals surface area contributed by atoms with Crippen molar-refractivity contribution in [3.63, 3.8) is 0 Å². The number of hydrogen-bond acceptors (Lipinski definition) is 5. The van der Waals surface area contributed by atoms with Crippen molar-refractivity contribution in [2.45, 2.75) is 26.2 Å². The molecule has 1 aliphatic rings. The van der Waals surface area contributed by atoms with E-state index >= 15 is 0 Å². The molecular formula is C26H29Cl2N3O3. The van der Waals surface area contributed by atoms with Crippen molar-refractivity contribution in [3.8, 4) is 5.75 Å². The summed E-state index contributed by atoms with van der Waals surface area (Å²) in [5.74, 6) is 0.452. The number of aromatic nitrogens is 1. The number of unbranched alkanes of at least 4 members (excludes halogenated alkanes) is 1. The Hall–Kier alpha value is -2.54. The lowest BCUT2D eigenvalue weighted by molar-refractivity contribution is 0.0910. The van der Waals surface area contributed by atoms with Gasteiger partial charge in [0.2, 0.25) is 5.91 Å². The fraction of sp³-hybridized carbons (Fsp3) is 0.385. The van der Waals surface area contributed by atoms with Gasteiger partial charge in [-0.2, -0.15) is 0 Å². The van der Waals surface area contributed by atoms with Crippen LogP contribution in [0.15, 0.2) is 53.3 Å². The Morgan fingerprint density at radius 2 is 1.76 bits per heavy atom. The molecule has 0 spiro atoms. The molecule has 180 valence electrons. The number of fused-ring (bicyclic) bond motifs is 1. The first-order valence-electron chi connectivity index (χ1n) is 11.7. The molecule has 0 radical (unpaired) electrons. The van der Waals surface area contributed by atoms with E-state index in [4.69, 9.17) is 27.9 Å². The van der Waals surface area contributed by atoms with Gasteiger partial charge in [-0.05, 0) is 55.1 Å². The molecule has 0 bridgehead atoms. The van der Waals surface area contributed by atoms with E-state index in [9.17, 15) is 9.59 Å². The molecular weight excluding hydrogens is 473 g/mol. The third-order valence-electron chi connectivity index (χ3n) is 6.20. The average molecular weight is 502 g/mol. The van der Waals surface area contributed by atoms with Crippen LogP contribution in [0.3, 0.4) is 0 Å². The van der Waals surface area contributed by atoms with Crippen molar-refractivity contribution in [1.29, 1.82) is 0 Å². The molecule has 34 heavy (non-hydrogen) atoms. The normalized spacial score (nSPS) is 14.5. The summed E-state index contributed by atoms with van der Waals surface area (Å²) < 4.78 is 7.16. The minimum absolute atomic E-state index is 0.217. The number of nitrogens with zero attached hydrogens (tertiary/aromatic N) is 3. The van der Waals surface area contributed by atoms with E-state index in [2.05, 4.69) is 9.80 Å². The van der Waals surface area contributed by atoms with E-state index in [0.717, 1.165) is 56.6 Å². The van der Waals surface area contributed by atoms with Crippen LogP contribution in [0.5, 0.6) is 5.75 Å². The number of piperazine rings is 1. The number of carbonyl (C=O) groups excluding carboxylic acids is 1. The number of ether oxygens (including phenoxy) is 1. The van der Waals surface area contributed by atoms with Crippen LogP contribution in [-0.4, -0.2) is 54.7 Å². The number of pyridine rings is 1. The molecule has 0 aliphatic carbocycles. The van der Waals surface area contributed by atoms with E-state index in [1.54, 1.807) is 19.1 Å². The Morgan fingerprint density at radius 3 is 2.53 bits per heavy atom. The van der Waals surface area contributed by atoms with Gasteiger partial charge in [-0.15, -0.1) is 0 Å². The van der Waals surface area contributed by atoms with E-state index < -0.39 is 0 Å². The van der Waals surface area contributed by atoms with Gasteiger partial charge in [-0.25, -0.2) is 4.57 Å². The van der Waals surface area contributed by atoms with Crippen LogP contribution in [0.2, 0.25) is 10.0 Å². The van der Waals surface area contributed by atoms with Crippen LogP contribution >= 0.6 is 23.2 Å². The van der Waals surface area contributed by atoms with Crippen molar-refractivity contribution < 1.29 is 9.53 Å². The molecule has 2 heterocycles.